The first-order valence-corrected chi connectivity index (χ1v) is 7.41. The Kier molecular flexibility index (Phi) is 4.96. The summed E-state index contributed by atoms with van der Waals surface area (Å²) < 4.78 is 117. The first-order valence-electron chi connectivity index (χ1n) is 7.41. The molecule has 2 aromatic rings. The van der Waals surface area contributed by atoms with E-state index in [9.17, 15) is 59.9 Å². The Labute approximate surface area is 155 Å². The number of aromatic hydroxyl groups is 2. The van der Waals surface area contributed by atoms with Gasteiger partial charge in [-0.2, -0.15) is 39.5 Å². The van der Waals surface area contributed by atoms with Gasteiger partial charge in [0.25, 0.3) is 5.60 Å². The molecule has 0 bridgehead atoms. The molecule has 0 radical (unpaired) electrons. The lowest BCUT2D eigenvalue weighted by Gasteiger charge is -2.33. The fraction of sp³-hybridized carbons (Fsp3) is 0.375. The number of rotatable bonds is 2. The molecule has 0 aliphatic heterocycles. The highest BCUT2D eigenvalue weighted by molar-refractivity contribution is 5.92. The van der Waals surface area contributed by atoms with E-state index in [0.717, 1.165) is 0 Å². The van der Waals surface area contributed by atoms with Crippen LogP contribution in [0.5, 0.6) is 11.5 Å². The van der Waals surface area contributed by atoms with Gasteiger partial charge >= 0.3 is 18.5 Å². The third-order valence-corrected chi connectivity index (χ3v) is 4.39. The zero-order chi connectivity index (χ0) is 22.8. The van der Waals surface area contributed by atoms with Crippen molar-refractivity contribution in [3.8, 4) is 11.5 Å². The molecule has 1 unspecified atom stereocenters. The third kappa shape index (κ3) is 3.31. The topological polar surface area (TPSA) is 80.9 Å². The number of benzene rings is 2. The Hall–Kier alpha value is -2.41. The Morgan fingerprint density at radius 3 is 1.59 bits per heavy atom. The van der Waals surface area contributed by atoms with Gasteiger partial charge in [-0.25, -0.2) is 0 Å². The van der Waals surface area contributed by atoms with Crippen LogP contribution in [-0.4, -0.2) is 39.0 Å². The molecule has 0 aliphatic rings. The fourth-order valence-corrected chi connectivity index (χ4v) is 2.65. The smallest absolute Gasteiger partial charge is 0.430 e. The number of phenolic OH excluding ortho intramolecular Hbond substituents is 2. The van der Waals surface area contributed by atoms with Gasteiger partial charge in [-0.1, -0.05) is 12.1 Å². The van der Waals surface area contributed by atoms with E-state index in [4.69, 9.17) is 0 Å². The SMILES string of the molecule is CC(O)(c1cc2c(O)c(C(O)(C(F)(F)F)C(F)(F)F)ccc2cc1O)C(F)(F)F. The highest BCUT2D eigenvalue weighted by atomic mass is 19.4. The molecule has 4 N–H and O–H groups in total. The Balaban J connectivity index is 2.91. The molecule has 13 heteroatoms. The van der Waals surface area contributed by atoms with Gasteiger partial charge in [0, 0.05) is 16.5 Å². The Morgan fingerprint density at radius 2 is 1.17 bits per heavy atom. The molecule has 0 fully saturated rings. The average Bonchev–Trinajstić information content (AvgIpc) is 2.50. The van der Waals surface area contributed by atoms with Crippen LogP contribution in [0.3, 0.4) is 0 Å². The summed E-state index contributed by atoms with van der Waals surface area (Å²) >= 11 is 0. The number of phenols is 2. The Morgan fingerprint density at radius 1 is 0.690 bits per heavy atom. The number of aliphatic hydroxyl groups is 2. The summed E-state index contributed by atoms with van der Waals surface area (Å²) in [6.45, 7) is 0.177. The van der Waals surface area contributed by atoms with Crippen LogP contribution in [0.4, 0.5) is 39.5 Å². The van der Waals surface area contributed by atoms with Gasteiger partial charge in [-0.3, -0.25) is 0 Å². The van der Waals surface area contributed by atoms with E-state index in [1.54, 1.807) is 0 Å². The zero-order valence-corrected chi connectivity index (χ0v) is 14.0. The molecule has 4 nitrogen and oxygen atoms in total. The quantitative estimate of drug-likeness (QED) is 0.527. The van der Waals surface area contributed by atoms with Crippen LogP contribution in [0, 0.1) is 0 Å². The van der Waals surface area contributed by atoms with Crippen molar-refractivity contribution in [2.75, 3.05) is 0 Å². The monoisotopic (exact) mass is 438 g/mol. The predicted molar refractivity (Wildman–Crippen MR) is 78.9 cm³/mol. The first-order chi connectivity index (χ1) is 12.8. The van der Waals surface area contributed by atoms with E-state index in [0.29, 0.717) is 12.1 Å². The summed E-state index contributed by atoms with van der Waals surface area (Å²) in [5.74, 6) is -3.02. The van der Waals surface area contributed by atoms with Gasteiger partial charge < -0.3 is 20.4 Å². The second-order valence-corrected chi connectivity index (χ2v) is 6.33. The zero-order valence-electron chi connectivity index (χ0n) is 14.0. The molecule has 0 spiro atoms. The number of hydrogen-bond acceptors (Lipinski definition) is 4. The molecular formula is C16H11F9O4. The summed E-state index contributed by atoms with van der Waals surface area (Å²) in [7, 11) is 0. The van der Waals surface area contributed by atoms with Crippen molar-refractivity contribution >= 4 is 10.8 Å². The van der Waals surface area contributed by atoms with Gasteiger partial charge in [0.1, 0.15) is 11.5 Å². The van der Waals surface area contributed by atoms with Crippen molar-refractivity contribution in [1.82, 2.24) is 0 Å². The van der Waals surface area contributed by atoms with Crippen LogP contribution in [0.1, 0.15) is 18.1 Å². The van der Waals surface area contributed by atoms with Crippen molar-refractivity contribution in [3.63, 3.8) is 0 Å². The summed E-state index contributed by atoms with van der Waals surface area (Å²) in [5, 5.41) is 37.3. The molecule has 0 saturated carbocycles. The van der Waals surface area contributed by atoms with E-state index in [2.05, 4.69) is 0 Å². The third-order valence-electron chi connectivity index (χ3n) is 4.39. The summed E-state index contributed by atoms with van der Waals surface area (Å²) in [6, 6.07) is 1.26. The lowest BCUT2D eigenvalue weighted by Crippen LogP contribution is -2.53. The predicted octanol–water partition coefficient (Wildman–Crippen LogP) is 4.33. The molecule has 0 aliphatic carbocycles. The lowest BCUT2D eigenvalue weighted by atomic mass is 9.87. The lowest BCUT2D eigenvalue weighted by molar-refractivity contribution is -0.376. The van der Waals surface area contributed by atoms with Crippen molar-refractivity contribution in [2.45, 2.75) is 36.7 Å². The van der Waals surface area contributed by atoms with E-state index in [-0.39, 0.29) is 19.1 Å². The Bertz CT molecular complexity index is 929. The van der Waals surface area contributed by atoms with Crippen LogP contribution in [-0.2, 0) is 11.2 Å². The molecule has 2 rings (SSSR count). The molecule has 0 amide bonds. The maximum atomic E-state index is 13.0. The summed E-state index contributed by atoms with van der Waals surface area (Å²) in [5.41, 5.74) is -12.7. The number of fused-ring (bicyclic) bond motifs is 1. The van der Waals surface area contributed by atoms with Gasteiger partial charge in [0.15, 0.2) is 5.60 Å². The minimum Gasteiger partial charge on any atom is -0.508 e. The normalized spacial score (nSPS) is 16.1. The summed E-state index contributed by atoms with van der Waals surface area (Å²) in [6.07, 6.45) is -18.1. The molecular weight excluding hydrogens is 427 g/mol. The minimum atomic E-state index is -6.35. The van der Waals surface area contributed by atoms with Crippen molar-refractivity contribution in [2.24, 2.45) is 0 Å². The van der Waals surface area contributed by atoms with Crippen LogP contribution in [0.25, 0.3) is 10.8 Å². The average molecular weight is 438 g/mol. The number of halogens is 9. The highest BCUT2D eigenvalue weighted by Gasteiger charge is 2.72. The van der Waals surface area contributed by atoms with Crippen LogP contribution >= 0.6 is 0 Å². The molecule has 162 valence electrons. The van der Waals surface area contributed by atoms with E-state index >= 15 is 0 Å². The van der Waals surface area contributed by atoms with E-state index in [1.807, 2.05) is 0 Å². The van der Waals surface area contributed by atoms with E-state index in [1.165, 1.54) is 0 Å². The first kappa shape index (κ1) is 22.9. The number of hydrogen-bond donors (Lipinski definition) is 4. The molecule has 2 aromatic carbocycles. The van der Waals surface area contributed by atoms with Crippen molar-refractivity contribution < 1.29 is 59.9 Å². The highest BCUT2D eigenvalue weighted by Crippen LogP contribution is 2.54. The van der Waals surface area contributed by atoms with E-state index < -0.39 is 63.1 Å². The molecule has 0 heterocycles. The van der Waals surface area contributed by atoms with Crippen LogP contribution < -0.4 is 0 Å². The molecule has 1 atom stereocenters. The number of alkyl halides is 9. The second-order valence-electron chi connectivity index (χ2n) is 6.33. The van der Waals surface area contributed by atoms with Crippen LogP contribution in [0.15, 0.2) is 24.3 Å². The van der Waals surface area contributed by atoms with Gasteiger partial charge in [0.2, 0.25) is 0 Å². The fourth-order valence-electron chi connectivity index (χ4n) is 2.65. The van der Waals surface area contributed by atoms with Gasteiger partial charge in [0.05, 0.1) is 0 Å². The standard InChI is InChI=1S/C16H11F9O4/c1-12(28,14(17,18)19)9-5-7-6(4-10(9)26)2-3-8(11(7)27)13(29,15(20,21)22)16(23,24)25/h2-5,26-29H,1H3. The maximum Gasteiger partial charge on any atom is 0.430 e. The maximum absolute atomic E-state index is 13.0. The summed E-state index contributed by atoms with van der Waals surface area (Å²) in [4.78, 5) is 0. The van der Waals surface area contributed by atoms with Gasteiger partial charge in [-0.05, 0) is 24.4 Å². The molecule has 0 aromatic heterocycles. The second kappa shape index (κ2) is 6.29. The largest absolute Gasteiger partial charge is 0.508 e. The molecule has 0 saturated heterocycles. The van der Waals surface area contributed by atoms with Crippen LogP contribution in [0.2, 0.25) is 0 Å². The van der Waals surface area contributed by atoms with Crippen molar-refractivity contribution in [3.05, 3.63) is 35.4 Å². The van der Waals surface area contributed by atoms with Crippen molar-refractivity contribution in [1.29, 1.82) is 0 Å². The minimum absolute atomic E-state index is 0.0691. The van der Waals surface area contributed by atoms with Gasteiger partial charge in [-0.15, -0.1) is 0 Å². The molecule has 29 heavy (non-hydrogen) atoms.